The van der Waals surface area contributed by atoms with Crippen molar-refractivity contribution in [2.45, 2.75) is 44.3 Å². The van der Waals surface area contributed by atoms with Crippen LogP contribution in [-0.2, 0) is 19.1 Å². The van der Waals surface area contributed by atoms with Crippen LogP contribution in [0.5, 0.6) is 5.75 Å². The van der Waals surface area contributed by atoms with E-state index in [0.717, 1.165) is 16.8 Å². The molecule has 2 heterocycles. The van der Waals surface area contributed by atoms with E-state index in [4.69, 9.17) is 19.4 Å². The zero-order chi connectivity index (χ0) is 24.8. The number of carbonyl (C=O) groups is 2. The SMILES string of the molecule is C/C(=N\O)c1ccc(OC(=O)CCC(=O)OC[C@H]2OC(n3ccc(=O)[nH]c3=O)[C@H](O)[C@@H]2O)cc1. The molecule has 0 amide bonds. The van der Waals surface area contributed by atoms with Gasteiger partial charge in [0, 0.05) is 12.3 Å². The van der Waals surface area contributed by atoms with Crippen LogP contribution >= 0.6 is 0 Å². The number of rotatable bonds is 8. The number of ether oxygens (including phenoxy) is 3. The number of aromatic nitrogens is 2. The van der Waals surface area contributed by atoms with Gasteiger partial charge in [-0.2, -0.15) is 0 Å². The molecule has 0 bridgehead atoms. The first-order chi connectivity index (χ1) is 16.2. The molecule has 13 heteroatoms. The summed E-state index contributed by atoms with van der Waals surface area (Å²) >= 11 is 0. The summed E-state index contributed by atoms with van der Waals surface area (Å²) in [7, 11) is 0. The van der Waals surface area contributed by atoms with Gasteiger partial charge in [0.05, 0.1) is 18.6 Å². The summed E-state index contributed by atoms with van der Waals surface area (Å²) in [6.45, 7) is 1.17. The van der Waals surface area contributed by atoms with Crippen molar-refractivity contribution >= 4 is 17.7 Å². The second kappa shape index (κ2) is 10.9. The van der Waals surface area contributed by atoms with Crippen LogP contribution in [0.25, 0.3) is 0 Å². The molecule has 4 N–H and O–H groups in total. The highest BCUT2D eigenvalue weighted by molar-refractivity contribution is 5.98. The Labute approximate surface area is 191 Å². The van der Waals surface area contributed by atoms with Crippen LogP contribution in [0.3, 0.4) is 0 Å². The standard InChI is InChI=1S/C21H23N3O10/c1-11(23-31)12-2-4-13(5-3-12)33-17(27)7-6-16(26)32-10-14-18(28)19(29)20(34-14)24-9-8-15(25)22-21(24)30/h2-5,8-9,14,18-20,28-29,31H,6-7,10H2,1H3,(H,22,25,30)/b23-11+/t14-,18-,19-,20?/m1/s1. The van der Waals surface area contributed by atoms with Crippen LogP contribution in [0.15, 0.2) is 51.3 Å². The van der Waals surface area contributed by atoms with Crippen LogP contribution in [0.1, 0.15) is 31.6 Å². The predicted molar refractivity (Wildman–Crippen MR) is 114 cm³/mol. The quantitative estimate of drug-likeness (QED) is 0.124. The number of carbonyl (C=O) groups excluding carboxylic acids is 2. The maximum absolute atomic E-state index is 12.0. The number of H-pyrrole nitrogens is 1. The number of esters is 2. The average Bonchev–Trinajstić information content (AvgIpc) is 3.10. The van der Waals surface area contributed by atoms with Crippen LogP contribution < -0.4 is 16.0 Å². The molecule has 0 spiro atoms. The molecule has 1 aromatic heterocycles. The second-order valence-corrected chi connectivity index (χ2v) is 7.43. The minimum absolute atomic E-state index is 0.243. The first kappa shape index (κ1) is 24.8. The molecule has 0 radical (unpaired) electrons. The Hall–Kier alpha value is -3.81. The Balaban J connectivity index is 1.46. The predicted octanol–water partition coefficient (Wildman–Crippen LogP) is -0.717. The van der Waals surface area contributed by atoms with E-state index in [1.54, 1.807) is 19.1 Å². The van der Waals surface area contributed by atoms with Gasteiger partial charge in [0.2, 0.25) is 0 Å². The molecule has 13 nitrogen and oxygen atoms in total. The smallest absolute Gasteiger partial charge is 0.330 e. The number of benzene rings is 1. The Kier molecular flexibility index (Phi) is 7.94. The van der Waals surface area contributed by atoms with Gasteiger partial charge in [-0.05, 0) is 36.8 Å². The Morgan fingerprint density at radius 1 is 1.09 bits per heavy atom. The highest BCUT2D eigenvalue weighted by Gasteiger charge is 2.44. The van der Waals surface area contributed by atoms with E-state index < -0.39 is 54.3 Å². The van der Waals surface area contributed by atoms with Gasteiger partial charge in [-0.1, -0.05) is 5.16 Å². The summed E-state index contributed by atoms with van der Waals surface area (Å²) in [5, 5.41) is 32.1. The van der Waals surface area contributed by atoms with E-state index >= 15 is 0 Å². The number of hydrogen-bond acceptors (Lipinski definition) is 11. The molecule has 1 aliphatic heterocycles. The lowest BCUT2D eigenvalue weighted by molar-refractivity contribution is -0.152. The second-order valence-electron chi connectivity index (χ2n) is 7.43. The number of aliphatic hydroxyl groups excluding tert-OH is 2. The fourth-order valence-electron chi connectivity index (χ4n) is 3.18. The first-order valence-corrected chi connectivity index (χ1v) is 10.2. The van der Waals surface area contributed by atoms with E-state index in [2.05, 4.69) is 5.16 Å². The van der Waals surface area contributed by atoms with Gasteiger partial charge < -0.3 is 29.6 Å². The summed E-state index contributed by atoms with van der Waals surface area (Å²) < 4.78 is 16.5. The van der Waals surface area contributed by atoms with E-state index in [1.807, 2.05) is 4.98 Å². The molecule has 1 saturated heterocycles. The number of aromatic amines is 1. The fraction of sp³-hybridized carbons (Fsp3) is 0.381. The largest absolute Gasteiger partial charge is 0.463 e. The van der Waals surface area contributed by atoms with Crippen LogP contribution in [0.2, 0.25) is 0 Å². The normalized spacial score (nSPS) is 22.4. The third kappa shape index (κ3) is 5.95. The minimum Gasteiger partial charge on any atom is -0.463 e. The zero-order valence-corrected chi connectivity index (χ0v) is 18.0. The van der Waals surface area contributed by atoms with Crippen LogP contribution in [0.4, 0.5) is 0 Å². The van der Waals surface area contributed by atoms with Gasteiger partial charge in [0.1, 0.15) is 30.7 Å². The highest BCUT2D eigenvalue weighted by Crippen LogP contribution is 2.28. The van der Waals surface area contributed by atoms with Crippen LogP contribution in [0, 0.1) is 0 Å². The van der Waals surface area contributed by atoms with Crippen molar-refractivity contribution in [1.82, 2.24) is 9.55 Å². The van der Waals surface area contributed by atoms with Crippen molar-refractivity contribution in [3.05, 3.63) is 62.9 Å². The lowest BCUT2D eigenvalue weighted by atomic mass is 10.1. The number of hydrogen-bond donors (Lipinski definition) is 4. The van der Waals surface area contributed by atoms with E-state index in [9.17, 15) is 29.4 Å². The van der Waals surface area contributed by atoms with Gasteiger partial charge in [0.25, 0.3) is 5.56 Å². The summed E-state index contributed by atoms with van der Waals surface area (Å²) in [5.41, 5.74) is -0.450. The van der Waals surface area contributed by atoms with Crippen molar-refractivity contribution in [2.75, 3.05) is 6.61 Å². The fourth-order valence-corrected chi connectivity index (χ4v) is 3.18. The minimum atomic E-state index is -1.51. The van der Waals surface area contributed by atoms with E-state index in [-0.39, 0.29) is 18.6 Å². The number of nitrogens with zero attached hydrogens (tertiary/aromatic N) is 2. The van der Waals surface area contributed by atoms with Crippen molar-refractivity contribution in [3.8, 4) is 5.75 Å². The number of aliphatic hydroxyl groups is 2. The molecular weight excluding hydrogens is 454 g/mol. The molecule has 0 saturated carbocycles. The lowest BCUT2D eigenvalue weighted by Crippen LogP contribution is -2.37. The van der Waals surface area contributed by atoms with Gasteiger partial charge in [-0.3, -0.25) is 23.9 Å². The molecule has 1 aromatic carbocycles. The van der Waals surface area contributed by atoms with E-state index in [1.165, 1.54) is 12.1 Å². The van der Waals surface area contributed by atoms with Gasteiger partial charge in [0.15, 0.2) is 6.23 Å². The van der Waals surface area contributed by atoms with Gasteiger partial charge in [-0.15, -0.1) is 0 Å². The molecule has 2 aromatic rings. The van der Waals surface area contributed by atoms with Crippen molar-refractivity contribution in [3.63, 3.8) is 0 Å². The lowest BCUT2D eigenvalue weighted by Gasteiger charge is -2.16. The number of oxime groups is 1. The third-order valence-electron chi connectivity index (χ3n) is 5.06. The Morgan fingerprint density at radius 3 is 2.41 bits per heavy atom. The molecule has 3 rings (SSSR count). The zero-order valence-electron chi connectivity index (χ0n) is 18.0. The number of nitrogens with one attached hydrogen (secondary N) is 1. The third-order valence-corrected chi connectivity index (χ3v) is 5.06. The maximum atomic E-state index is 12.0. The maximum Gasteiger partial charge on any atom is 0.330 e. The molecule has 1 aliphatic rings. The molecular formula is C21H23N3O10. The van der Waals surface area contributed by atoms with Crippen molar-refractivity contribution < 1.29 is 39.2 Å². The summed E-state index contributed by atoms with van der Waals surface area (Å²) in [4.78, 5) is 49.0. The topological polar surface area (TPSA) is 190 Å². The molecule has 34 heavy (non-hydrogen) atoms. The summed E-state index contributed by atoms with van der Waals surface area (Å²) in [5.74, 6) is -1.20. The highest BCUT2D eigenvalue weighted by atomic mass is 16.6. The van der Waals surface area contributed by atoms with E-state index in [0.29, 0.717) is 11.3 Å². The summed E-state index contributed by atoms with van der Waals surface area (Å²) in [6.07, 6.45) is -4.89. The summed E-state index contributed by atoms with van der Waals surface area (Å²) in [6, 6.07) is 7.27. The van der Waals surface area contributed by atoms with Crippen molar-refractivity contribution in [2.24, 2.45) is 5.16 Å². The molecule has 182 valence electrons. The average molecular weight is 477 g/mol. The van der Waals surface area contributed by atoms with Gasteiger partial charge in [-0.25, -0.2) is 4.79 Å². The first-order valence-electron chi connectivity index (χ1n) is 10.2. The molecule has 0 aliphatic carbocycles. The molecule has 1 fully saturated rings. The Bertz CT molecular complexity index is 1170. The molecule has 1 unspecified atom stereocenters. The monoisotopic (exact) mass is 477 g/mol. The van der Waals surface area contributed by atoms with Gasteiger partial charge >= 0.3 is 17.6 Å². The van der Waals surface area contributed by atoms with Crippen molar-refractivity contribution in [1.29, 1.82) is 0 Å². The van der Waals surface area contributed by atoms with Crippen LogP contribution in [-0.4, -0.2) is 67.5 Å². The molecule has 4 atom stereocenters. The Morgan fingerprint density at radius 2 is 1.76 bits per heavy atom.